The second kappa shape index (κ2) is 11.4. The first-order valence-electron chi connectivity index (χ1n) is 10.6. The van der Waals surface area contributed by atoms with E-state index in [0.717, 1.165) is 38.9 Å². The molecule has 1 aromatic carbocycles. The van der Waals surface area contributed by atoms with Crippen molar-refractivity contribution in [2.45, 2.75) is 31.8 Å². The highest BCUT2D eigenvalue weighted by molar-refractivity contribution is 6.43. The van der Waals surface area contributed by atoms with Crippen molar-refractivity contribution in [1.29, 1.82) is 0 Å². The number of amides is 1. The van der Waals surface area contributed by atoms with E-state index in [0.29, 0.717) is 49.8 Å². The van der Waals surface area contributed by atoms with Crippen LogP contribution in [-0.2, 0) is 0 Å². The quantitative estimate of drug-likeness (QED) is 0.518. The minimum atomic E-state index is -0.464. The fourth-order valence-electron chi connectivity index (χ4n) is 3.88. The van der Waals surface area contributed by atoms with Gasteiger partial charge >= 0.3 is 0 Å². The van der Waals surface area contributed by atoms with Crippen molar-refractivity contribution in [3.8, 4) is 11.5 Å². The zero-order valence-electron chi connectivity index (χ0n) is 17.4. The van der Waals surface area contributed by atoms with E-state index in [1.54, 1.807) is 0 Å². The minimum absolute atomic E-state index is 0.0149. The lowest BCUT2D eigenvalue weighted by Crippen LogP contribution is -2.47. The summed E-state index contributed by atoms with van der Waals surface area (Å²) in [6.45, 7) is 4.85. The van der Waals surface area contributed by atoms with Gasteiger partial charge in [0, 0.05) is 25.4 Å². The number of β-amino-alcohol motifs (C(OH)–C–C–N with tert-alkyl or cyclic N) is 1. The number of likely N-dealkylation sites (tertiary alicyclic amines) is 1. The number of unbranched alkanes of at least 4 members (excludes halogenated alkanes) is 1. The molecule has 30 heavy (non-hydrogen) atoms. The predicted molar refractivity (Wildman–Crippen MR) is 118 cm³/mol. The molecule has 9 heteroatoms. The zero-order chi connectivity index (χ0) is 21.5. The van der Waals surface area contributed by atoms with Crippen molar-refractivity contribution in [3.63, 3.8) is 0 Å². The third kappa shape index (κ3) is 5.92. The molecule has 0 aliphatic carbocycles. The van der Waals surface area contributed by atoms with Crippen LogP contribution < -0.4 is 20.1 Å². The molecule has 2 aliphatic rings. The maximum Gasteiger partial charge on any atom is 0.255 e. The Kier molecular flexibility index (Phi) is 8.89. The number of halogens is 2. The monoisotopic (exact) mass is 459 g/mol. The van der Waals surface area contributed by atoms with E-state index >= 15 is 0 Å². The van der Waals surface area contributed by atoms with Crippen LogP contribution in [0.5, 0.6) is 11.5 Å². The Morgan fingerprint density at radius 1 is 1.27 bits per heavy atom. The number of ether oxygens (including phenoxy) is 2. The summed E-state index contributed by atoms with van der Waals surface area (Å²) in [6.07, 6.45) is 3.31. The molecule has 0 aromatic heterocycles. The molecule has 0 spiro atoms. The second-order valence-electron chi connectivity index (χ2n) is 7.87. The summed E-state index contributed by atoms with van der Waals surface area (Å²) in [5, 5.41) is 17.1. The van der Waals surface area contributed by atoms with E-state index in [1.807, 2.05) is 7.05 Å². The van der Waals surface area contributed by atoms with Gasteiger partial charge in [-0.15, -0.1) is 0 Å². The molecular formula is C21H31Cl2N3O4. The Morgan fingerprint density at radius 3 is 2.77 bits per heavy atom. The Bertz CT molecular complexity index is 735. The average Bonchev–Trinajstić information content (AvgIpc) is 2.99. The Labute approximate surface area is 188 Å². The fraction of sp³-hybridized carbons (Fsp3) is 0.667. The van der Waals surface area contributed by atoms with Crippen LogP contribution >= 0.6 is 23.2 Å². The van der Waals surface area contributed by atoms with E-state index in [1.165, 1.54) is 6.07 Å². The van der Waals surface area contributed by atoms with Gasteiger partial charge in [0.05, 0.1) is 29.9 Å². The fourth-order valence-corrected chi connectivity index (χ4v) is 4.27. The van der Waals surface area contributed by atoms with Crippen LogP contribution in [0.15, 0.2) is 6.07 Å². The van der Waals surface area contributed by atoms with Crippen LogP contribution in [0.2, 0.25) is 10.0 Å². The summed E-state index contributed by atoms with van der Waals surface area (Å²) in [5.74, 6) is 0.354. The van der Waals surface area contributed by atoms with Crippen LogP contribution in [0.3, 0.4) is 0 Å². The van der Waals surface area contributed by atoms with Gasteiger partial charge in [0.15, 0.2) is 11.5 Å². The van der Waals surface area contributed by atoms with Gasteiger partial charge in [-0.1, -0.05) is 23.2 Å². The first-order chi connectivity index (χ1) is 14.5. The number of nitrogens with zero attached hydrogens (tertiary/aromatic N) is 1. The number of fused-ring (bicyclic) bond motifs is 1. The first kappa shape index (κ1) is 23.4. The number of hydrogen-bond donors (Lipinski definition) is 3. The number of nitrogens with one attached hydrogen (secondary N) is 2. The van der Waals surface area contributed by atoms with E-state index in [4.69, 9.17) is 32.7 Å². The lowest BCUT2D eigenvalue weighted by molar-refractivity contribution is 0.0216. The highest BCUT2D eigenvalue weighted by Crippen LogP contribution is 2.44. The summed E-state index contributed by atoms with van der Waals surface area (Å²) in [4.78, 5) is 15.2. The molecule has 3 rings (SSSR count). The molecule has 1 amide bonds. The molecule has 2 atom stereocenters. The molecule has 1 fully saturated rings. The third-order valence-electron chi connectivity index (χ3n) is 5.64. The minimum Gasteiger partial charge on any atom is -0.489 e. The summed E-state index contributed by atoms with van der Waals surface area (Å²) in [6, 6.07) is 1.51. The lowest BCUT2D eigenvalue weighted by atomic mass is 9.93. The van der Waals surface area contributed by atoms with Gasteiger partial charge in [0.1, 0.15) is 5.02 Å². The van der Waals surface area contributed by atoms with Crippen molar-refractivity contribution in [1.82, 2.24) is 15.5 Å². The van der Waals surface area contributed by atoms with Gasteiger partial charge in [0.2, 0.25) is 0 Å². The van der Waals surface area contributed by atoms with E-state index in [9.17, 15) is 9.90 Å². The molecule has 3 N–H and O–H groups in total. The molecule has 7 nitrogen and oxygen atoms in total. The zero-order valence-corrected chi connectivity index (χ0v) is 18.9. The van der Waals surface area contributed by atoms with Gasteiger partial charge in [-0.25, -0.2) is 0 Å². The van der Waals surface area contributed by atoms with E-state index in [-0.39, 0.29) is 21.9 Å². The van der Waals surface area contributed by atoms with Crippen molar-refractivity contribution in [2.75, 3.05) is 53.0 Å². The molecular weight excluding hydrogens is 429 g/mol. The number of piperidine rings is 1. The smallest absolute Gasteiger partial charge is 0.255 e. The summed E-state index contributed by atoms with van der Waals surface area (Å²) in [5.41, 5.74) is 0.303. The molecule has 0 bridgehead atoms. The molecule has 1 aromatic rings. The molecule has 0 unspecified atom stereocenters. The van der Waals surface area contributed by atoms with Gasteiger partial charge in [-0.2, -0.15) is 0 Å². The second-order valence-corrected chi connectivity index (χ2v) is 8.65. The number of benzene rings is 1. The number of carbonyl (C=O) groups is 1. The molecule has 2 heterocycles. The lowest BCUT2D eigenvalue weighted by Gasteiger charge is -2.36. The number of hydrogen-bond acceptors (Lipinski definition) is 6. The highest BCUT2D eigenvalue weighted by Gasteiger charge is 2.29. The summed E-state index contributed by atoms with van der Waals surface area (Å²) < 4.78 is 11.4. The van der Waals surface area contributed by atoms with Gasteiger partial charge in [0.25, 0.3) is 5.91 Å². The standard InChI is InChI=1S/C21H31Cl2N3O4/c1-24-6-2-3-7-26-8-5-14(17(27)13-26)12-25-21(28)15-11-16(22)18(23)20-19(15)29-9-4-10-30-20/h11,14,17,24,27H,2-10,12-13H2,1H3,(H,25,28)/t14-,17+/m0/s1. The van der Waals surface area contributed by atoms with Crippen molar-refractivity contribution >= 4 is 29.1 Å². The first-order valence-corrected chi connectivity index (χ1v) is 11.4. The highest BCUT2D eigenvalue weighted by atomic mass is 35.5. The molecule has 0 radical (unpaired) electrons. The Morgan fingerprint density at radius 2 is 2.03 bits per heavy atom. The number of aliphatic hydroxyl groups excluding tert-OH is 1. The van der Waals surface area contributed by atoms with E-state index in [2.05, 4.69) is 15.5 Å². The Hall–Kier alpha value is -1.25. The molecule has 2 aliphatic heterocycles. The topological polar surface area (TPSA) is 83.1 Å². The average molecular weight is 460 g/mol. The van der Waals surface area contributed by atoms with Crippen molar-refractivity contribution < 1.29 is 19.4 Å². The number of aliphatic hydroxyl groups is 1. The van der Waals surface area contributed by atoms with Gasteiger partial charge in [-0.05, 0) is 52.0 Å². The molecule has 168 valence electrons. The molecule has 1 saturated heterocycles. The van der Waals surface area contributed by atoms with Crippen LogP contribution in [0.1, 0.15) is 36.0 Å². The van der Waals surface area contributed by atoms with Crippen LogP contribution in [-0.4, -0.2) is 75.0 Å². The maximum atomic E-state index is 12.9. The van der Waals surface area contributed by atoms with Crippen molar-refractivity contribution in [3.05, 3.63) is 21.7 Å². The van der Waals surface area contributed by atoms with Crippen molar-refractivity contribution in [2.24, 2.45) is 5.92 Å². The Balaban J connectivity index is 1.56. The molecule has 0 saturated carbocycles. The van der Waals surface area contributed by atoms with Gasteiger partial charge < -0.3 is 30.1 Å². The van der Waals surface area contributed by atoms with Gasteiger partial charge in [-0.3, -0.25) is 4.79 Å². The SMILES string of the molecule is CNCCCCN1CC[C@@H](CNC(=O)c2cc(Cl)c(Cl)c3c2OCCCO3)[C@H](O)C1. The summed E-state index contributed by atoms with van der Waals surface area (Å²) in [7, 11) is 1.96. The number of carbonyl (C=O) groups excluding carboxylic acids is 1. The number of rotatable bonds is 8. The summed E-state index contributed by atoms with van der Waals surface area (Å²) >= 11 is 12.4. The maximum absolute atomic E-state index is 12.9. The normalized spacial score (nSPS) is 21.9. The van der Waals surface area contributed by atoms with Crippen LogP contribution in [0.4, 0.5) is 0 Å². The van der Waals surface area contributed by atoms with Crippen LogP contribution in [0.25, 0.3) is 0 Å². The van der Waals surface area contributed by atoms with Crippen LogP contribution in [0, 0.1) is 5.92 Å². The largest absolute Gasteiger partial charge is 0.489 e. The van der Waals surface area contributed by atoms with E-state index < -0.39 is 6.10 Å². The predicted octanol–water partition coefficient (Wildman–Crippen LogP) is 2.57. The third-order valence-corrected chi connectivity index (χ3v) is 6.41.